The van der Waals surface area contributed by atoms with E-state index in [0.29, 0.717) is 0 Å². The maximum Gasteiger partial charge on any atom is 0.159 e. The highest BCUT2D eigenvalue weighted by Gasteiger charge is 2.15. The summed E-state index contributed by atoms with van der Waals surface area (Å²) >= 11 is 0. The molecule has 1 aliphatic rings. The third-order valence-electron chi connectivity index (χ3n) is 2.88. The molecule has 0 radical (unpaired) electrons. The summed E-state index contributed by atoms with van der Waals surface area (Å²) in [5.41, 5.74) is 1.32. The van der Waals surface area contributed by atoms with Gasteiger partial charge in [0.15, 0.2) is 6.29 Å². The smallest absolute Gasteiger partial charge is 0.159 e. The standard InChI is InChI=1S/C12H20N2O2/c1-2-3-4-11-9-13-10-14(11)6-5-12-15-7-8-16-12/h9-10,12H,2-8H2,1H3. The Balaban J connectivity index is 1.80. The molecule has 4 nitrogen and oxygen atoms in total. The fraction of sp³-hybridized carbons (Fsp3) is 0.750. The second kappa shape index (κ2) is 6.01. The second-order valence-electron chi connectivity index (χ2n) is 4.14. The van der Waals surface area contributed by atoms with Gasteiger partial charge in [0, 0.05) is 24.9 Å². The minimum atomic E-state index is -0.0126. The van der Waals surface area contributed by atoms with Crippen molar-refractivity contribution in [2.45, 2.75) is 45.4 Å². The molecule has 2 rings (SSSR count). The molecule has 0 atom stereocenters. The Kier molecular flexibility index (Phi) is 4.36. The van der Waals surface area contributed by atoms with E-state index < -0.39 is 0 Å². The number of aromatic nitrogens is 2. The third-order valence-corrected chi connectivity index (χ3v) is 2.88. The number of nitrogens with zero attached hydrogens (tertiary/aromatic N) is 2. The van der Waals surface area contributed by atoms with E-state index in [1.165, 1.54) is 18.5 Å². The second-order valence-corrected chi connectivity index (χ2v) is 4.14. The van der Waals surface area contributed by atoms with Gasteiger partial charge in [-0.2, -0.15) is 0 Å². The van der Waals surface area contributed by atoms with Gasteiger partial charge in [0.2, 0.25) is 0 Å². The normalized spacial score (nSPS) is 17.1. The van der Waals surface area contributed by atoms with Crippen molar-refractivity contribution in [2.75, 3.05) is 13.2 Å². The first kappa shape index (κ1) is 11.6. The molecule has 90 valence electrons. The lowest BCUT2D eigenvalue weighted by Gasteiger charge is -2.11. The zero-order valence-electron chi connectivity index (χ0n) is 9.89. The van der Waals surface area contributed by atoms with Crippen molar-refractivity contribution in [2.24, 2.45) is 0 Å². The van der Waals surface area contributed by atoms with Gasteiger partial charge >= 0.3 is 0 Å². The molecule has 1 aromatic rings. The lowest BCUT2D eigenvalue weighted by atomic mass is 10.2. The molecule has 0 bridgehead atoms. The topological polar surface area (TPSA) is 36.3 Å². The molecular formula is C12H20N2O2. The highest BCUT2D eigenvalue weighted by Crippen LogP contribution is 2.11. The van der Waals surface area contributed by atoms with Crippen LogP contribution in [0.4, 0.5) is 0 Å². The predicted molar refractivity (Wildman–Crippen MR) is 61.1 cm³/mol. The number of unbranched alkanes of at least 4 members (excludes halogenated alkanes) is 1. The highest BCUT2D eigenvalue weighted by atomic mass is 16.7. The minimum absolute atomic E-state index is 0.0126. The van der Waals surface area contributed by atoms with Crippen molar-refractivity contribution in [1.82, 2.24) is 9.55 Å². The highest BCUT2D eigenvalue weighted by molar-refractivity contribution is 4.98. The molecule has 0 saturated carbocycles. The van der Waals surface area contributed by atoms with Gasteiger partial charge in [0.05, 0.1) is 19.5 Å². The lowest BCUT2D eigenvalue weighted by molar-refractivity contribution is -0.0491. The summed E-state index contributed by atoms with van der Waals surface area (Å²) < 4.78 is 13.0. The van der Waals surface area contributed by atoms with Gasteiger partial charge in [0.1, 0.15) is 0 Å². The van der Waals surface area contributed by atoms with Crippen LogP contribution in [0.25, 0.3) is 0 Å². The maximum atomic E-state index is 5.42. The zero-order chi connectivity index (χ0) is 11.2. The Morgan fingerprint density at radius 3 is 3.00 bits per heavy atom. The quantitative estimate of drug-likeness (QED) is 0.741. The van der Waals surface area contributed by atoms with E-state index in [4.69, 9.17) is 9.47 Å². The van der Waals surface area contributed by atoms with Crippen molar-refractivity contribution in [1.29, 1.82) is 0 Å². The van der Waals surface area contributed by atoms with Crippen LogP contribution in [0.3, 0.4) is 0 Å². The Morgan fingerprint density at radius 1 is 1.44 bits per heavy atom. The molecule has 1 saturated heterocycles. The molecule has 0 unspecified atom stereocenters. The molecule has 0 spiro atoms. The average Bonchev–Trinajstić information content (AvgIpc) is 2.94. The van der Waals surface area contributed by atoms with Crippen molar-refractivity contribution >= 4 is 0 Å². The van der Waals surface area contributed by atoms with E-state index in [9.17, 15) is 0 Å². The zero-order valence-corrected chi connectivity index (χ0v) is 9.89. The van der Waals surface area contributed by atoms with Gasteiger partial charge in [-0.1, -0.05) is 13.3 Å². The number of ether oxygens (including phenoxy) is 2. The van der Waals surface area contributed by atoms with E-state index >= 15 is 0 Å². The summed E-state index contributed by atoms with van der Waals surface area (Å²) in [5, 5.41) is 0. The van der Waals surface area contributed by atoms with E-state index in [2.05, 4.69) is 16.5 Å². The first-order chi connectivity index (χ1) is 7.90. The summed E-state index contributed by atoms with van der Waals surface area (Å²) in [5.74, 6) is 0. The van der Waals surface area contributed by atoms with Crippen molar-refractivity contribution < 1.29 is 9.47 Å². The molecule has 0 amide bonds. The Hall–Kier alpha value is -0.870. The van der Waals surface area contributed by atoms with Crippen molar-refractivity contribution in [3.8, 4) is 0 Å². The van der Waals surface area contributed by atoms with Crippen molar-refractivity contribution in [3.63, 3.8) is 0 Å². The first-order valence-electron chi connectivity index (χ1n) is 6.12. The lowest BCUT2D eigenvalue weighted by Crippen LogP contribution is -2.12. The number of aryl methyl sites for hydroxylation is 2. The van der Waals surface area contributed by atoms with Crippen LogP contribution in [0.2, 0.25) is 0 Å². The summed E-state index contributed by atoms with van der Waals surface area (Å²) in [6.45, 7) is 4.61. The number of hydrogen-bond acceptors (Lipinski definition) is 3. The van der Waals surface area contributed by atoms with Gasteiger partial charge in [-0.05, 0) is 12.8 Å². The Labute approximate surface area is 96.6 Å². The van der Waals surface area contributed by atoms with Crippen LogP contribution in [0.5, 0.6) is 0 Å². The maximum absolute atomic E-state index is 5.42. The molecule has 0 N–H and O–H groups in total. The SMILES string of the molecule is CCCCc1cncn1CCC1OCCO1. The number of imidazole rings is 1. The number of rotatable bonds is 6. The summed E-state index contributed by atoms with van der Waals surface area (Å²) in [6, 6.07) is 0. The molecule has 16 heavy (non-hydrogen) atoms. The van der Waals surface area contributed by atoms with Gasteiger partial charge in [-0.15, -0.1) is 0 Å². The molecule has 0 aromatic carbocycles. The Morgan fingerprint density at radius 2 is 2.25 bits per heavy atom. The fourth-order valence-corrected chi connectivity index (χ4v) is 1.93. The van der Waals surface area contributed by atoms with Gasteiger partial charge in [-0.25, -0.2) is 4.98 Å². The van der Waals surface area contributed by atoms with Crippen LogP contribution < -0.4 is 0 Å². The molecule has 2 heterocycles. The van der Waals surface area contributed by atoms with Crippen LogP contribution >= 0.6 is 0 Å². The average molecular weight is 224 g/mol. The molecular weight excluding hydrogens is 204 g/mol. The third kappa shape index (κ3) is 3.06. The van der Waals surface area contributed by atoms with Crippen LogP contribution in [0, 0.1) is 0 Å². The Bertz CT molecular complexity index is 306. The van der Waals surface area contributed by atoms with Gasteiger partial charge in [-0.3, -0.25) is 0 Å². The predicted octanol–water partition coefficient (Wildman–Crippen LogP) is 1.99. The van der Waals surface area contributed by atoms with E-state index in [-0.39, 0.29) is 6.29 Å². The number of hydrogen-bond donors (Lipinski definition) is 0. The van der Waals surface area contributed by atoms with Crippen LogP contribution in [-0.2, 0) is 22.4 Å². The first-order valence-corrected chi connectivity index (χ1v) is 6.12. The van der Waals surface area contributed by atoms with Gasteiger partial charge in [0.25, 0.3) is 0 Å². The summed E-state index contributed by atoms with van der Waals surface area (Å²) in [4.78, 5) is 4.20. The van der Waals surface area contributed by atoms with E-state index in [1.807, 2.05) is 12.5 Å². The fourth-order valence-electron chi connectivity index (χ4n) is 1.93. The molecule has 0 aliphatic carbocycles. The van der Waals surface area contributed by atoms with Crippen LogP contribution in [-0.4, -0.2) is 29.1 Å². The molecule has 4 heteroatoms. The van der Waals surface area contributed by atoms with E-state index in [1.54, 1.807) is 0 Å². The van der Waals surface area contributed by atoms with Crippen molar-refractivity contribution in [3.05, 3.63) is 18.2 Å². The van der Waals surface area contributed by atoms with Crippen LogP contribution in [0.1, 0.15) is 31.9 Å². The molecule has 1 aromatic heterocycles. The molecule has 1 aliphatic heterocycles. The minimum Gasteiger partial charge on any atom is -0.350 e. The van der Waals surface area contributed by atoms with Gasteiger partial charge < -0.3 is 14.0 Å². The summed E-state index contributed by atoms with van der Waals surface area (Å²) in [7, 11) is 0. The van der Waals surface area contributed by atoms with E-state index in [0.717, 1.165) is 32.6 Å². The largest absolute Gasteiger partial charge is 0.350 e. The van der Waals surface area contributed by atoms with Crippen LogP contribution in [0.15, 0.2) is 12.5 Å². The molecule has 1 fully saturated rings. The monoisotopic (exact) mass is 224 g/mol. The summed E-state index contributed by atoms with van der Waals surface area (Å²) in [6.07, 6.45) is 8.33.